The van der Waals surface area contributed by atoms with Crippen LogP contribution in [0.4, 0.5) is 0 Å². The fourth-order valence-corrected chi connectivity index (χ4v) is 3.96. The Morgan fingerprint density at radius 1 is 1.06 bits per heavy atom. The van der Waals surface area contributed by atoms with Crippen molar-refractivity contribution >= 4 is 16.9 Å². The zero-order valence-electron chi connectivity index (χ0n) is 18.2. The summed E-state index contributed by atoms with van der Waals surface area (Å²) in [6, 6.07) is 21.6. The number of nitrogens with two attached hydrogens (primary N) is 1. The number of carboxylic acids is 1. The van der Waals surface area contributed by atoms with Crippen molar-refractivity contribution in [3.05, 3.63) is 89.7 Å². The third kappa shape index (κ3) is 4.39. The Kier molecular flexibility index (Phi) is 6.28. The van der Waals surface area contributed by atoms with Crippen LogP contribution in [0, 0.1) is 0 Å². The average Bonchev–Trinajstić information content (AvgIpc) is 3.21. The van der Waals surface area contributed by atoms with E-state index in [9.17, 15) is 9.90 Å². The molecule has 3 aromatic carbocycles. The largest absolute Gasteiger partial charge is 0.488 e. The number of para-hydroxylation sites is 1. The minimum absolute atomic E-state index is 0.0330. The van der Waals surface area contributed by atoms with Crippen molar-refractivity contribution in [2.75, 3.05) is 0 Å². The Hall–Kier alpha value is -3.57. The fourth-order valence-electron chi connectivity index (χ4n) is 3.96. The lowest BCUT2D eigenvalue weighted by molar-refractivity contribution is -0.138. The van der Waals surface area contributed by atoms with Crippen LogP contribution < -0.4 is 10.5 Å². The maximum absolute atomic E-state index is 11.7. The third-order valence-corrected chi connectivity index (χ3v) is 5.78. The van der Waals surface area contributed by atoms with Crippen molar-refractivity contribution < 1.29 is 19.1 Å². The van der Waals surface area contributed by atoms with Crippen molar-refractivity contribution in [3.8, 4) is 16.9 Å². The molecule has 0 saturated heterocycles. The van der Waals surface area contributed by atoms with Gasteiger partial charge in [0, 0.05) is 22.6 Å². The van der Waals surface area contributed by atoms with Crippen molar-refractivity contribution in [2.24, 2.45) is 5.73 Å². The molecule has 0 radical (unpaired) electrons. The topological polar surface area (TPSA) is 85.7 Å². The minimum Gasteiger partial charge on any atom is -0.488 e. The summed E-state index contributed by atoms with van der Waals surface area (Å²) in [4.78, 5) is 11.7. The Morgan fingerprint density at radius 3 is 2.59 bits per heavy atom. The van der Waals surface area contributed by atoms with E-state index in [4.69, 9.17) is 14.9 Å². The molecular formula is C27H27NO4. The van der Waals surface area contributed by atoms with Gasteiger partial charge in [-0.15, -0.1) is 0 Å². The van der Waals surface area contributed by atoms with Crippen molar-refractivity contribution in [1.29, 1.82) is 0 Å². The first-order chi connectivity index (χ1) is 15.5. The molecule has 1 unspecified atom stereocenters. The first-order valence-corrected chi connectivity index (χ1v) is 10.8. The molecule has 0 aliphatic carbocycles. The molecule has 4 rings (SSSR count). The van der Waals surface area contributed by atoms with Crippen LogP contribution >= 0.6 is 0 Å². The lowest BCUT2D eigenvalue weighted by atomic mass is 9.96. The van der Waals surface area contributed by atoms with E-state index >= 15 is 0 Å². The van der Waals surface area contributed by atoms with E-state index < -0.39 is 11.9 Å². The lowest BCUT2D eigenvalue weighted by Crippen LogP contribution is -2.12. The van der Waals surface area contributed by atoms with Gasteiger partial charge in [-0.3, -0.25) is 4.79 Å². The maximum Gasteiger partial charge on any atom is 0.311 e. The molecule has 1 aromatic heterocycles. The SMILES string of the molecule is CC[C@@H](C(=O)O)c1ccccc1OCc1coc2ccc(-c3cccc(C(C)N)c3)cc12. The van der Waals surface area contributed by atoms with E-state index in [1.165, 1.54) is 0 Å². The Labute approximate surface area is 187 Å². The van der Waals surface area contributed by atoms with Gasteiger partial charge in [-0.05, 0) is 54.3 Å². The fraction of sp³-hybridized carbons (Fsp3) is 0.222. The van der Waals surface area contributed by atoms with Crippen LogP contribution in [0.2, 0.25) is 0 Å². The number of carboxylic acid groups (broad SMARTS) is 1. The van der Waals surface area contributed by atoms with Crippen LogP contribution in [0.1, 0.15) is 48.9 Å². The number of aliphatic carboxylic acids is 1. The number of hydrogen-bond donors (Lipinski definition) is 2. The Balaban J connectivity index is 1.63. The minimum atomic E-state index is -0.851. The van der Waals surface area contributed by atoms with Crippen molar-refractivity contribution in [3.63, 3.8) is 0 Å². The van der Waals surface area contributed by atoms with Gasteiger partial charge in [0.25, 0.3) is 0 Å². The molecule has 4 aromatic rings. The Morgan fingerprint density at radius 2 is 1.84 bits per heavy atom. The molecule has 0 spiro atoms. The van der Waals surface area contributed by atoms with E-state index in [1.54, 1.807) is 6.26 Å². The second-order valence-corrected chi connectivity index (χ2v) is 8.01. The first kappa shape index (κ1) is 21.7. The summed E-state index contributed by atoms with van der Waals surface area (Å²) < 4.78 is 11.8. The number of hydrogen-bond acceptors (Lipinski definition) is 4. The second-order valence-electron chi connectivity index (χ2n) is 8.01. The zero-order chi connectivity index (χ0) is 22.7. The van der Waals surface area contributed by atoms with E-state index in [2.05, 4.69) is 18.2 Å². The molecule has 0 aliphatic heterocycles. The van der Waals surface area contributed by atoms with E-state index in [1.807, 2.05) is 62.4 Å². The summed E-state index contributed by atoms with van der Waals surface area (Å²) in [6.07, 6.45) is 2.19. The van der Waals surface area contributed by atoms with Gasteiger partial charge in [0.15, 0.2) is 0 Å². The van der Waals surface area contributed by atoms with Gasteiger partial charge in [0.1, 0.15) is 17.9 Å². The third-order valence-electron chi connectivity index (χ3n) is 5.78. The molecule has 0 amide bonds. The normalized spacial score (nSPS) is 13.1. The zero-order valence-corrected chi connectivity index (χ0v) is 18.2. The van der Waals surface area contributed by atoms with Crippen LogP contribution in [-0.4, -0.2) is 11.1 Å². The van der Waals surface area contributed by atoms with Gasteiger partial charge in [0.2, 0.25) is 0 Å². The van der Waals surface area contributed by atoms with Crippen LogP contribution in [-0.2, 0) is 11.4 Å². The summed E-state index contributed by atoms with van der Waals surface area (Å²) in [6.45, 7) is 4.11. The molecule has 0 aliphatic rings. The summed E-state index contributed by atoms with van der Waals surface area (Å²) in [5.74, 6) is -0.871. The molecule has 1 heterocycles. The highest BCUT2D eigenvalue weighted by Crippen LogP contribution is 2.32. The van der Waals surface area contributed by atoms with Gasteiger partial charge in [-0.25, -0.2) is 0 Å². The van der Waals surface area contributed by atoms with Crippen molar-refractivity contribution in [2.45, 2.75) is 38.8 Å². The number of carbonyl (C=O) groups is 1. The van der Waals surface area contributed by atoms with Crippen molar-refractivity contribution in [1.82, 2.24) is 0 Å². The summed E-state index contributed by atoms with van der Waals surface area (Å²) in [7, 11) is 0. The molecule has 0 bridgehead atoms. The van der Waals surface area contributed by atoms with E-state index in [-0.39, 0.29) is 12.6 Å². The number of furan rings is 1. The number of ether oxygens (including phenoxy) is 1. The van der Waals surface area contributed by atoms with Gasteiger partial charge in [-0.2, -0.15) is 0 Å². The van der Waals surface area contributed by atoms with Crippen LogP contribution in [0.25, 0.3) is 22.1 Å². The first-order valence-electron chi connectivity index (χ1n) is 10.8. The van der Waals surface area contributed by atoms with Gasteiger partial charge >= 0.3 is 5.97 Å². The molecule has 32 heavy (non-hydrogen) atoms. The van der Waals surface area contributed by atoms with Crippen LogP contribution in [0.15, 0.2) is 77.4 Å². The van der Waals surface area contributed by atoms with Crippen LogP contribution in [0.3, 0.4) is 0 Å². The van der Waals surface area contributed by atoms with E-state index in [0.29, 0.717) is 17.7 Å². The Bertz CT molecular complexity index is 1240. The van der Waals surface area contributed by atoms with E-state index in [0.717, 1.165) is 33.2 Å². The molecule has 164 valence electrons. The average molecular weight is 430 g/mol. The molecule has 5 nitrogen and oxygen atoms in total. The monoisotopic (exact) mass is 429 g/mol. The molecule has 3 N–H and O–H groups in total. The predicted molar refractivity (Wildman–Crippen MR) is 126 cm³/mol. The standard InChI is InChI=1S/C27H27NO4/c1-3-22(27(29)30)23-9-4-5-10-25(23)31-15-21-16-32-26-12-11-20(14-24(21)26)19-8-6-7-18(13-19)17(2)28/h4-14,16-17,22H,3,15,28H2,1-2H3,(H,29,30)/t17?,22-/m1/s1. The number of rotatable bonds is 8. The molecule has 0 saturated carbocycles. The smallest absolute Gasteiger partial charge is 0.311 e. The summed E-state index contributed by atoms with van der Waals surface area (Å²) in [5.41, 5.74) is 11.7. The highest BCUT2D eigenvalue weighted by Gasteiger charge is 2.21. The summed E-state index contributed by atoms with van der Waals surface area (Å²) >= 11 is 0. The number of benzene rings is 3. The quantitative estimate of drug-likeness (QED) is 0.344. The van der Waals surface area contributed by atoms with Gasteiger partial charge < -0.3 is 20.0 Å². The highest BCUT2D eigenvalue weighted by atomic mass is 16.5. The summed E-state index contributed by atoms with van der Waals surface area (Å²) in [5, 5.41) is 10.5. The highest BCUT2D eigenvalue weighted by molar-refractivity contribution is 5.86. The second kappa shape index (κ2) is 9.28. The molecule has 5 heteroatoms. The van der Waals surface area contributed by atoms with Gasteiger partial charge in [0.05, 0.1) is 12.2 Å². The predicted octanol–water partition coefficient (Wildman–Crippen LogP) is 6.28. The van der Waals surface area contributed by atoms with Gasteiger partial charge in [-0.1, -0.05) is 49.4 Å². The molecule has 0 fully saturated rings. The lowest BCUT2D eigenvalue weighted by Gasteiger charge is -2.15. The van der Waals surface area contributed by atoms with Crippen LogP contribution in [0.5, 0.6) is 5.75 Å². The number of fused-ring (bicyclic) bond motifs is 1. The molecular weight excluding hydrogens is 402 g/mol. The maximum atomic E-state index is 11.7. The molecule has 2 atom stereocenters.